The second kappa shape index (κ2) is 6.77. The maximum Gasteiger partial charge on any atom is 0.234 e. The van der Waals surface area contributed by atoms with Crippen molar-refractivity contribution in [3.05, 3.63) is 58.9 Å². The SMILES string of the molecule is Cc1cc(F)ccc1NC(=O)CSc1ccc(Cl)cc1. The summed E-state index contributed by atoms with van der Waals surface area (Å²) in [5.41, 5.74) is 1.34. The Labute approximate surface area is 126 Å². The van der Waals surface area contributed by atoms with Crippen LogP contribution in [0.2, 0.25) is 5.02 Å². The first-order chi connectivity index (χ1) is 9.54. The molecule has 0 radical (unpaired) electrons. The molecule has 2 rings (SSSR count). The predicted molar refractivity (Wildman–Crippen MR) is 81.9 cm³/mol. The first-order valence-electron chi connectivity index (χ1n) is 5.99. The van der Waals surface area contributed by atoms with E-state index < -0.39 is 0 Å². The molecule has 20 heavy (non-hydrogen) atoms. The smallest absolute Gasteiger partial charge is 0.234 e. The lowest BCUT2D eigenvalue weighted by Gasteiger charge is -2.08. The summed E-state index contributed by atoms with van der Waals surface area (Å²) in [6, 6.07) is 11.6. The average Bonchev–Trinajstić information content (AvgIpc) is 2.41. The second-order valence-electron chi connectivity index (χ2n) is 4.25. The van der Waals surface area contributed by atoms with Gasteiger partial charge in [0.05, 0.1) is 5.75 Å². The number of thioether (sulfide) groups is 1. The molecule has 2 aromatic carbocycles. The Kier molecular flexibility index (Phi) is 5.04. The molecule has 0 aliphatic rings. The van der Waals surface area contributed by atoms with Gasteiger partial charge in [-0.2, -0.15) is 0 Å². The van der Waals surface area contributed by atoms with Gasteiger partial charge in [0.15, 0.2) is 0 Å². The van der Waals surface area contributed by atoms with Crippen molar-refractivity contribution >= 4 is 35.0 Å². The number of hydrogen-bond acceptors (Lipinski definition) is 2. The zero-order valence-electron chi connectivity index (χ0n) is 10.8. The van der Waals surface area contributed by atoms with Crippen molar-refractivity contribution in [2.45, 2.75) is 11.8 Å². The van der Waals surface area contributed by atoms with Gasteiger partial charge in [-0.15, -0.1) is 11.8 Å². The highest BCUT2D eigenvalue weighted by Crippen LogP contribution is 2.21. The van der Waals surface area contributed by atoms with E-state index in [4.69, 9.17) is 11.6 Å². The third-order valence-electron chi connectivity index (χ3n) is 2.65. The molecule has 1 amide bonds. The van der Waals surface area contributed by atoms with E-state index in [0.717, 1.165) is 4.90 Å². The van der Waals surface area contributed by atoms with Crippen molar-refractivity contribution in [2.75, 3.05) is 11.1 Å². The van der Waals surface area contributed by atoms with Crippen LogP contribution in [0.5, 0.6) is 0 Å². The lowest BCUT2D eigenvalue weighted by molar-refractivity contribution is -0.113. The van der Waals surface area contributed by atoms with Crippen molar-refractivity contribution in [2.24, 2.45) is 0 Å². The van der Waals surface area contributed by atoms with E-state index in [1.807, 2.05) is 12.1 Å². The van der Waals surface area contributed by atoms with Crippen LogP contribution < -0.4 is 5.32 Å². The average molecular weight is 310 g/mol. The van der Waals surface area contributed by atoms with E-state index >= 15 is 0 Å². The van der Waals surface area contributed by atoms with E-state index in [-0.39, 0.29) is 11.7 Å². The number of rotatable bonds is 4. The van der Waals surface area contributed by atoms with E-state index in [1.165, 1.54) is 23.9 Å². The van der Waals surface area contributed by atoms with Gasteiger partial charge >= 0.3 is 0 Å². The van der Waals surface area contributed by atoms with Crippen LogP contribution in [-0.2, 0) is 4.79 Å². The zero-order valence-corrected chi connectivity index (χ0v) is 12.4. The van der Waals surface area contributed by atoms with Crippen LogP contribution in [0.15, 0.2) is 47.4 Å². The third-order valence-corrected chi connectivity index (χ3v) is 3.91. The van der Waals surface area contributed by atoms with Crippen LogP contribution in [-0.4, -0.2) is 11.7 Å². The number of benzene rings is 2. The predicted octanol–water partition coefficient (Wildman–Crippen LogP) is 4.52. The minimum atomic E-state index is -0.309. The van der Waals surface area contributed by atoms with Gasteiger partial charge in [-0.05, 0) is 55.0 Å². The van der Waals surface area contributed by atoms with Gasteiger partial charge in [0.25, 0.3) is 0 Å². The summed E-state index contributed by atoms with van der Waals surface area (Å²) in [6.07, 6.45) is 0. The van der Waals surface area contributed by atoms with Gasteiger partial charge in [-0.3, -0.25) is 4.79 Å². The Hall–Kier alpha value is -1.52. The van der Waals surface area contributed by atoms with Gasteiger partial charge in [-0.25, -0.2) is 4.39 Å². The number of aryl methyl sites for hydroxylation is 1. The molecule has 0 atom stereocenters. The summed E-state index contributed by atoms with van der Waals surface area (Å²) in [5, 5.41) is 3.43. The van der Waals surface area contributed by atoms with Gasteiger partial charge in [-0.1, -0.05) is 11.6 Å². The van der Waals surface area contributed by atoms with Crippen LogP contribution in [0, 0.1) is 12.7 Å². The number of anilines is 1. The normalized spacial score (nSPS) is 10.3. The molecule has 5 heteroatoms. The molecule has 2 nitrogen and oxygen atoms in total. The molecule has 104 valence electrons. The van der Waals surface area contributed by atoms with Gasteiger partial charge in [0, 0.05) is 15.6 Å². The minimum absolute atomic E-state index is 0.125. The summed E-state index contributed by atoms with van der Waals surface area (Å²) >= 11 is 7.21. The minimum Gasteiger partial charge on any atom is -0.325 e. The molecule has 0 spiro atoms. The molecular formula is C15H13ClFNOS. The summed E-state index contributed by atoms with van der Waals surface area (Å²) < 4.78 is 13.0. The maximum absolute atomic E-state index is 13.0. The lowest BCUT2D eigenvalue weighted by Crippen LogP contribution is -2.14. The van der Waals surface area contributed by atoms with E-state index in [2.05, 4.69) is 5.32 Å². The van der Waals surface area contributed by atoms with Crippen molar-refractivity contribution in [3.8, 4) is 0 Å². The molecule has 2 aromatic rings. The fourth-order valence-corrected chi connectivity index (χ4v) is 2.46. The topological polar surface area (TPSA) is 29.1 Å². The quantitative estimate of drug-likeness (QED) is 0.841. The van der Waals surface area contributed by atoms with Crippen LogP contribution >= 0.6 is 23.4 Å². The summed E-state index contributed by atoms with van der Waals surface area (Å²) in [7, 11) is 0. The van der Waals surface area contributed by atoms with Gasteiger partial charge < -0.3 is 5.32 Å². The molecule has 0 aliphatic heterocycles. The Bertz CT molecular complexity index is 616. The monoisotopic (exact) mass is 309 g/mol. The number of halogens is 2. The number of hydrogen-bond donors (Lipinski definition) is 1. The molecule has 0 aliphatic carbocycles. The number of carbonyl (C=O) groups excluding carboxylic acids is 1. The standard InChI is InChI=1S/C15H13ClFNOS/c1-10-8-12(17)4-7-14(10)18-15(19)9-20-13-5-2-11(16)3-6-13/h2-8H,9H2,1H3,(H,18,19). The van der Waals surface area contributed by atoms with E-state index in [1.54, 1.807) is 25.1 Å². The molecule has 0 saturated carbocycles. The highest BCUT2D eigenvalue weighted by atomic mass is 35.5. The zero-order chi connectivity index (χ0) is 14.5. The molecule has 1 N–H and O–H groups in total. The summed E-state index contributed by atoms with van der Waals surface area (Å²) in [6.45, 7) is 1.75. The Morgan fingerprint density at radius 1 is 1.25 bits per heavy atom. The number of amides is 1. The molecule has 0 bridgehead atoms. The highest BCUT2D eigenvalue weighted by molar-refractivity contribution is 8.00. The van der Waals surface area contributed by atoms with Crippen LogP contribution in [0.3, 0.4) is 0 Å². The summed E-state index contributed by atoms with van der Waals surface area (Å²) in [5.74, 6) is -0.144. The molecular weight excluding hydrogens is 297 g/mol. The maximum atomic E-state index is 13.0. The number of nitrogens with one attached hydrogen (secondary N) is 1. The molecule has 0 heterocycles. The largest absolute Gasteiger partial charge is 0.325 e. The molecule has 0 saturated heterocycles. The Balaban J connectivity index is 1.90. The second-order valence-corrected chi connectivity index (χ2v) is 5.74. The Morgan fingerprint density at radius 2 is 1.95 bits per heavy atom. The first kappa shape index (κ1) is 14.9. The van der Waals surface area contributed by atoms with Crippen LogP contribution in [0.4, 0.5) is 10.1 Å². The van der Waals surface area contributed by atoms with Crippen molar-refractivity contribution < 1.29 is 9.18 Å². The van der Waals surface area contributed by atoms with Crippen LogP contribution in [0.1, 0.15) is 5.56 Å². The highest BCUT2D eigenvalue weighted by Gasteiger charge is 2.06. The third kappa shape index (κ3) is 4.25. The molecule has 0 fully saturated rings. The van der Waals surface area contributed by atoms with Crippen molar-refractivity contribution in [1.29, 1.82) is 0 Å². The van der Waals surface area contributed by atoms with Gasteiger partial charge in [0.1, 0.15) is 5.82 Å². The summed E-state index contributed by atoms with van der Waals surface area (Å²) in [4.78, 5) is 12.8. The molecule has 0 unspecified atom stereocenters. The first-order valence-corrected chi connectivity index (χ1v) is 7.35. The van der Waals surface area contributed by atoms with Crippen molar-refractivity contribution in [1.82, 2.24) is 0 Å². The van der Waals surface area contributed by atoms with E-state index in [0.29, 0.717) is 22.0 Å². The Morgan fingerprint density at radius 3 is 2.60 bits per heavy atom. The lowest BCUT2D eigenvalue weighted by atomic mass is 10.2. The molecule has 0 aromatic heterocycles. The van der Waals surface area contributed by atoms with E-state index in [9.17, 15) is 9.18 Å². The fourth-order valence-electron chi connectivity index (χ4n) is 1.63. The van der Waals surface area contributed by atoms with Crippen molar-refractivity contribution in [3.63, 3.8) is 0 Å². The van der Waals surface area contributed by atoms with Crippen LogP contribution in [0.25, 0.3) is 0 Å². The van der Waals surface area contributed by atoms with Gasteiger partial charge in [0.2, 0.25) is 5.91 Å². The number of carbonyl (C=O) groups is 1. The fraction of sp³-hybridized carbons (Fsp3) is 0.133.